The number of hydrogen-bond acceptors (Lipinski definition) is 4. The van der Waals surface area contributed by atoms with Crippen LogP contribution in [0.5, 0.6) is 17.2 Å². The van der Waals surface area contributed by atoms with Crippen LogP contribution in [0, 0.1) is 6.92 Å². The van der Waals surface area contributed by atoms with Gasteiger partial charge in [-0.1, -0.05) is 25.1 Å². The lowest BCUT2D eigenvalue weighted by molar-refractivity contribution is -0.128. The van der Waals surface area contributed by atoms with Gasteiger partial charge in [-0.05, 0) is 49.2 Å². The summed E-state index contributed by atoms with van der Waals surface area (Å²) in [5, 5.41) is 2.85. The number of carbonyl (C=O) groups is 1. The average Bonchev–Trinajstić information content (AvgIpc) is 2.65. The van der Waals surface area contributed by atoms with Gasteiger partial charge in [0.2, 0.25) is 0 Å². The molecule has 0 saturated carbocycles. The van der Waals surface area contributed by atoms with Crippen LogP contribution < -0.4 is 19.5 Å². The van der Waals surface area contributed by atoms with Gasteiger partial charge in [0.15, 0.2) is 6.10 Å². The molecule has 0 heterocycles. The third kappa shape index (κ3) is 5.71. The predicted octanol–water partition coefficient (Wildman–Crippen LogP) is 3.36. The fourth-order valence-corrected chi connectivity index (χ4v) is 2.31. The topological polar surface area (TPSA) is 56.8 Å². The number of carbonyl (C=O) groups excluding carboxylic acids is 1. The highest BCUT2D eigenvalue weighted by atomic mass is 16.5. The average molecular weight is 343 g/mol. The van der Waals surface area contributed by atoms with Crippen molar-refractivity contribution < 1.29 is 19.0 Å². The number of para-hydroxylation sites is 1. The number of benzene rings is 2. The summed E-state index contributed by atoms with van der Waals surface area (Å²) in [5.41, 5.74) is 1.07. The van der Waals surface area contributed by atoms with Crippen molar-refractivity contribution in [3.8, 4) is 17.2 Å². The van der Waals surface area contributed by atoms with Crippen LogP contribution in [0.1, 0.15) is 18.9 Å². The van der Waals surface area contributed by atoms with Crippen LogP contribution in [0.3, 0.4) is 0 Å². The summed E-state index contributed by atoms with van der Waals surface area (Å²) in [5.74, 6) is 2.07. The molecule has 0 aliphatic carbocycles. The van der Waals surface area contributed by atoms with E-state index in [9.17, 15) is 4.79 Å². The molecule has 1 amide bonds. The van der Waals surface area contributed by atoms with E-state index in [2.05, 4.69) is 5.32 Å². The zero-order valence-corrected chi connectivity index (χ0v) is 15.0. The Kier molecular flexibility index (Phi) is 7.14. The van der Waals surface area contributed by atoms with E-state index in [0.29, 0.717) is 25.3 Å². The van der Waals surface area contributed by atoms with E-state index in [1.807, 2.05) is 38.1 Å². The standard InChI is InChI=1S/C20H25NO4/c1-4-18(25-17-11-9-16(23-3)10-12-17)20(22)21-13-14-24-19-8-6-5-7-15(19)2/h5-12,18H,4,13-14H2,1-3H3,(H,21,22). The Hall–Kier alpha value is -2.69. The molecule has 2 aromatic rings. The van der Waals surface area contributed by atoms with Gasteiger partial charge < -0.3 is 19.5 Å². The van der Waals surface area contributed by atoms with Crippen molar-refractivity contribution >= 4 is 5.91 Å². The van der Waals surface area contributed by atoms with Crippen molar-refractivity contribution in [1.29, 1.82) is 0 Å². The second-order valence-electron chi connectivity index (χ2n) is 5.60. The predicted molar refractivity (Wildman–Crippen MR) is 97.4 cm³/mol. The van der Waals surface area contributed by atoms with E-state index in [1.54, 1.807) is 31.4 Å². The Morgan fingerprint density at radius 3 is 2.40 bits per heavy atom. The number of amides is 1. The van der Waals surface area contributed by atoms with E-state index < -0.39 is 6.10 Å². The van der Waals surface area contributed by atoms with Crippen LogP contribution >= 0.6 is 0 Å². The lowest BCUT2D eigenvalue weighted by Crippen LogP contribution is -2.39. The highest BCUT2D eigenvalue weighted by Gasteiger charge is 2.17. The first-order valence-corrected chi connectivity index (χ1v) is 8.41. The number of ether oxygens (including phenoxy) is 3. The smallest absolute Gasteiger partial charge is 0.261 e. The lowest BCUT2D eigenvalue weighted by Gasteiger charge is -2.17. The fourth-order valence-electron chi connectivity index (χ4n) is 2.31. The fraction of sp³-hybridized carbons (Fsp3) is 0.350. The van der Waals surface area contributed by atoms with Gasteiger partial charge in [0.25, 0.3) is 5.91 Å². The summed E-state index contributed by atoms with van der Waals surface area (Å²) in [6.07, 6.45) is 0.0446. The van der Waals surface area contributed by atoms with Crippen LogP contribution in [0.25, 0.3) is 0 Å². The normalized spacial score (nSPS) is 11.5. The van der Waals surface area contributed by atoms with Gasteiger partial charge in [-0.2, -0.15) is 0 Å². The first-order valence-electron chi connectivity index (χ1n) is 8.41. The van der Waals surface area contributed by atoms with Crippen LogP contribution in [-0.2, 0) is 4.79 Å². The molecule has 1 atom stereocenters. The Labute approximate surface area is 148 Å². The zero-order valence-electron chi connectivity index (χ0n) is 15.0. The van der Waals surface area contributed by atoms with Gasteiger partial charge in [0, 0.05) is 0 Å². The van der Waals surface area contributed by atoms with E-state index in [4.69, 9.17) is 14.2 Å². The molecule has 0 spiro atoms. The SMILES string of the molecule is CCC(Oc1ccc(OC)cc1)C(=O)NCCOc1ccccc1C. The van der Waals surface area contributed by atoms with E-state index in [-0.39, 0.29) is 5.91 Å². The highest BCUT2D eigenvalue weighted by Crippen LogP contribution is 2.19. The maximum atomic E-state index is 12.3. The van der Waals surface area contributed by atoms with Crippen molar-refractivity contribution in [2.24, 2.45) is 0 Å². The molecular formula is C20H25NO4. The third-order valence-electron chi connectivity index (χ3n) is 3.75. The lowest BCUT2D eigenvalue weighted by atomic mass is 10.2. The van der Waals surface area contributed by atoms with Crippen molar-refractivity contribution in [1.82, 2.24) is 5.32 Å². The minimum atomic E-state index is -0.535. The van der Waals surface area contributed by atoms with Crippen molar-refractivity contribution in [2.45, 2.75) is 26.4 Å². The van der Waals surface area contributed by atoms with E-state index in [1.165, 1.54) is 0 Å². The Morgan fingerprint density at radius 1 is 1.08 bits per heavy atom. The van der Waals surface area contributed by atoms with Crippen LogP contribution in [0.4, 0.5) is 0 Å². The van der Waals surface area contributed by atoms with Gasteiger partial charge in [0.1, 0.15) is 23.9 Å². The molecule has 0 fully saturated rings. The summed E-state index contributed by atoms with van der Waals surface area (Å²) >= 11 is 0. The number of nitrogens with one attached hydrogen (secondary N) is 1. The summed E-state index contributed by atoms with van der Waals surface area (Å²) in [7, 11) is 1.61. The first-order chi connectivity index (χ1) is 12.1. The molecule has 134 valence electrons. The molecule has 2 aromatic carbocycles. The number of rotatable bonds is 9. The van der Waals surface area contributed by atoms with E-state index >= 15 is 0 Å². The third-order valence-corrected chi connectivity index (χ3v) is 3.75. The largest absolute Gasteiger partial charge is 0.497 e. The van der Waals surface area contributed by atoms with Crippen molar-refractivity contribution in [3.05, 3.63) is 54.1 Å². The summed E-state index contributed by atoms with van der Waals surface area (Å²) in [6.45, 7) is 4.74. The zero-order chi connectivity index (χ0) is 18.1. The molecule has 1 N–H and O–H groups in total. The Morgan fingerprint density at radius 2 is 1.76 bits per heavy atom. The Balaban J connectivity index is 1.78. The van der Waals surface area contributed by atoms with Gasteiger partial charge in [-0.3, -0.25) is 4.79 Å². The van der Waals surface area contributed by atoms with Crippen LogP contribution in [-0.4, -0.2) is 32.3 Å². The molecular weight excluding hydrogens is 318 g/mol. The second kappa shape index (κ2) is 9.57. The summed E-state index contributed by atoms with van der Waals surface area (Å²) in [4.78, 5) is 12.3. The molecule has 5 heteroatoms. The maximum Gasteiger partial charge on any atom is 0.261 e. The minimum absolute atomic E-state index is 0.147. The van der Waals surface area contributed by atoms with Crippen molar-refractivity contribution in [3.63, 3.8) is 0 Å². The molecule has 0 bridgehead atoms. The van der Waals surface area contributed by atoms with Gasteiger partial charge in [-0.25, -0.2) is 0 Å². The van der Waals surface area contributed by atoms with Crippen molar-refractivity contribution in [2.75, 3.05) is 20.3 Å². The van der Waals surface area contributed by atoms with E-state index in [0.717, 1.165) is 17.1 Å². The molecule has 0 aliphatic heterocycles. The van der Waals surface area contributed by atoms with Gasteiger partial charge in [-0.15, -0.1) is 0 Å². The molecule has 0 radical (unpaired) electrons. The summed E-state index contributed by atoms with van der Waals surface area (Å²) < 4.78 is 16.5. The molecule has 0 aliphatic rings. The first kappa shape index (κ1) is 18.6. The molecule has 5 nitrogen and oxygen atoms in total. The van der Waals surface area contributed by atoms with Gasteiger partial charge in [0.05, 0.1) is 13.7 Å². The van der Waals surface area contributed by atoms with Gasteiger partial charge >= 0.3 is 0 Å². The summed E-state index contributed by atoms with van der Waals surface area (Å²) in [6, 6.07) is 15.0. The number of aryl methyl sites for hydroxylation is 1. The minimum Gasteiger partial charge on any atom is -0.497 e. The quantitative estimate of drug-likeness (QED) is 0.710. The molecule has 2 rings (SSSR count). The second-order valence-corrected chi connectivity index (χ2v) is 5.60. The van der Waals surface area contributed by atoms with Crippen LogP contribution in [0.2, 0.25) is 0 Å². The molecule has 25 heavy (non-hydrogen) atoms. The number of methoxy groups -OCH3 is 1. The molecule has 0 aromatic heterocycles. The molecule has 1 unspecified atom stereocenters. The highest BCUT2D eigenvalue weighted by molar-refractivity contribution is 5.81. The van der Waals surface area contributed by atoms with Crippen LogP contribution in [0.15, 0.2) is 48.5 Å². The Bertz CT molecular complexity index is 670. The maximum absolute atomic E-state index is 12.3. The number of hydrogen-bond donors (Lipinski definition) is 1. The monoisotopic (exact) mass is 343 g/mol. The molecule has 0 saturated heterocycles.